The summed E-state index contributed by atoms with van der Waals surface area (Å²) in [4.78, 5) is 8.27. The van der Waals surface area contributed by atoms with Crippen LogP contribution in [0.15, 0.2) is 10.7 Å². The monoisotopic (exact) mass is 259 g/mol. The Morgan fingerprint density at radius 1 is 1.64 bits per heavy atom. The van der Waals surface area contributed by atoms with Gasteiger partial charge in [0.25, 0.3) is 0 Å². The third-order valence-electron chi connectivity index (χ3n) is 1.79. The number of aromatic nitrogens is 2. The largest absolute Gasteiger partial charge is 0.396 e. The van der Waals surface area contributed by atoms with E-state index in [-0.39, 0.29) is 12.5 Å². The standard InChI is InChI=1S/C9H14BrN3O/c1-6(5-14)3-12-9-8(10)4-11-7(2)13-9/h4,6,14H,3,5H2,1-2H3,(H,11,12,13). The summed E-state index contributed by atoms with van der Waals surface area (Å²) in [5, 5.41) is 12.0. The minimum Gasteiger partial charge on any atom is -0.396 e. The van der Waals surface area contributed by atoms with Gasteiger partial charge in [-0.25, -0.2) is 9.97 Å². The van der Waals surface area contributed by atoms with Crippen molar-refractivity contribution in [3.63, 3.8) is 0 Å². The van der Waals surface area contributed by atoms with Gasteiger partial charge in [-0.05, 0) is 28.8 Å². The van der Waals surface area contributed by atoms with Gasteiger partial charge in [-0.1, -0.05) is 6.92 Å². The third-order valence-corrected chi connectivity index (χ3v) is 2.37. The molecule has 0 radical (unpaired) electrons. The number of aryl methyl sites for hydroxylation is 1. The van der Waals surface area contributed by atoms with Crippen molar-refractivity contribution in [3.05, 3.63) is 16.5 Å². The van der Waals surface area contributed by atoms with Gasteiger partial charge in [-0.15, -0.1) is 0 Å². The summed E-state index contributed by atoms with van der Waals surface area (Å²) in [6, 6.07) is 0. The Hall–Kier alpha value is -0.680. The van der Waals surface area contributed by atoms with Gasteiger partial charge in [0.15, 0.2) is 0 Å². The van der Waals surface area contributed by atoms with E-state index in [1.165, 1.54) is 0 Å². The molecule has 1 rings (SSSR count). The minimum absolute atomic E-state index is 0.175. The van der Waals surface area contributed by atoms with Crippen LogP contribution < -0.4 is 5.32 Å². The van der Waals surface area contributed by atoms with Gasteiger partial charge >= 0.3 is 0 Å². The Balaban J connectivity index is 2.62. The van der Waals surface area contributed by atoms with Crippen molar-refractivity contribution in [2.75, 3.05) is 18.5 Å². The second-order valence-corrected chi connectivity index (χ2v) is 4.14. The Kier molecular flexibility index (Phi) is 4.28. The molecule has 78 valence electrons. The fraction of sp³-hybridized carbons (Fsp3) is 0.556. The van der Waals surface area contributed by atoms with Gasteiger partial charge < -0.3 is 10.4 Å². The molecule has 0 aromatic carbocycles. The first-order chi connectivity index (χ1) is 6.63. The maximum atomic E-state index is 8.85. The molecule has 0 aliphatic carbocycles. The number of halogens is 1. The van der Waals surface area contributed by atoms with Crippen molar-refractivity contribution in [1.29, 1.82) is 0 Å². The number of aliphatic hydroxyl groups excluding tert-OH is 1. The molecule has 0 fully saturated rings. The lowest BCUT2D eigenvalue weighted by Crippen LogP contribution is -2.15. The van der Waals surface area contributed by atoms with Crippen molar-refractivity contribution in [1.82, 2.24) is 9.97 Å². The van der Waals surface area contributed by atoms with Gasteiger partial charge in [0, 0.05) is 19.3 Å². The molecule has 1 heterocycles. The van der Waals surface area contributed by atoms with Gasteiger partial charge in [-0.3, -0.25) is 0 Å². The molecule has 0 aliphatic heterocycles. The molecular formula is C9H14BrN3O. The van der Waals surface area contributed by atoms with E-state index in [1.54, 1.807) is 6.20 Å². The summed E-state index contributed by atoms with van der Waals surface area (Å²) < 4.78 is 0.841. The molecule has 14 heavy (non-hydrogen) atoms. The van der Waals surface area contributed by atoms with Crippen LogP contribution in [-0.4, -0.2) is 28.2 Å². The maximum Gasteiger partial charge on any atom is 0.144 e. The average molecular weight is 260 g/mol. The zero-order valence-corrected chi connectivity index (χ0v) is 9.87. The van der Waals surface area contributed by atoms with Crippen molar-refractivity contribution >= 4 is 21.7 Å². The topological polar surface area (TPSA) is 58.0 Å². The second-order valence-electron chi connectivity index (χ2n) is 3.28. The van der Waals surface area contributed by atoms with Crippen LogP contribution in [0, 0.1) is 12.8 Å². The first-order valence-electron chi connectivity index (χ1n) is 4.47. The van der Waals surface area contributed by atoms with Gasteiger partial charge in [0.1, 0.15) is 11.6 Å². The lowest BCUT2D eigenvalue weighted by atomic mass is 10.2. The van der Waals surface area contributed by atoms with Gasteiger partial charge in [-0.2, -0.15) is 0 Å². The molecule has 0 saturated carbocycles. The van der Waals surface area contributed by atoms with Gasteiger partial charge in [0.2, 0.25) is 0 Å². The molecule has 0 spiro atoms. The summed E-state index contributed by atoms with van der Waals surface area (Å²) >= 11 is 3.35. The van der Waals surface area contributed by atoms with Crippen LogP contribution in [0.4, 0.5) is 5.82 Å². The Labute approximate surface area is 91.9 Å². The first-order valence-corrected chi connectivity index (χ1v) is 5.26. The molecule has 0 saturated heterocycles. The molecule has 2 N–H and O–H groups in total. The highest BCUT2D eigenvalue weighted by molar-refractivity contribution is 9.10. The molecular weight excluding hydrogens is 246 g/mol. The molecule has 0 bridgehead atoms. The molecule has 1 aromatic heterocycles. The van der Waals surface area contributed by atoms with E-state index in [1.807, 2.05) is 13.8 Å². The fourth-order valence-electron chi connectivity index (χ4n) is 0.915. The highest BCUT2D eigenvalue weighted by Crippen LogP contribution is 2.18. The Morgan fingerprint density at radius 2 is 2.36 bits per heavy atom. The van der Waals surface area contributed by atoms with Crippen LogP contribution in [0.1, 0.15) is 12.7 Å². The predicted molar refractivity (Wildman–Crippen MR) is 59.2 cm³/mol. The Morgan fingerprint density at radius 3 is 3.00 bits per heavy atom. The third kappa shape index (κ3) is 3.23. The molecule has 0 aliphatic rings. The summed E-state index contributed by atoms with van der Waals surface area (Å²) in [7, 11) is 0. The van der Waals surface area contributed by atoms with E-state index in [0.717, 1.165) is 16.1 Å². The van der Waals surface area contributed by atoms with E-state index in [4.69, 9.17) is 5.11 Å². The quantitative estimate of drug-likeness (QED) is 0.863. The zero-order valence-electron chi connectivity index (χ0n) is 8.29. The molecule has 1 atom stereocenters. The summed E-state index contributed by atoms with van der Waals surface area (Å²) in [6.45, 7) is 4.68. The summed E-state index contributed by atoms with van der Waals surface area (Å²) in [5.41, 5.74) is 0. The molecule has 1 unspecified atom stereocenters. The van der Waals surface area contributed by atoms with Gasteiger partial charge in [0.05, 0.1) is 4.47 Å². The van der Waals surface area contributed by atoms with E-state index < -0.39 is 0 Å². The molecule has 0 amide bonds. The highest BCUT2D eigenvalue weighted by atomic mass is 79.9. The van der Waals surface area contributed by atoms with Crippen LogP contribution in [0.25, 0.3) is 0 Å². The molecule has 1 aromatic rings. The SMILES string of the molecule is Cc1ncc(Br)c(NCC(C)CO)n1. The number of rotatable bonds is 4. The lowest BCUT2D eigenvalue weighted by molar-refractivity contribution is 0.244. The average Bonchev–Trinajstić information content (AvgIpc) is 2.19. The van der Waals surface area contributed by atoms with Crippen molar-refractivity contribution in [2.45, 2.75) is 13.8 Å². The zero-order chi connectivity index (χ0) is 10.6. The first kappa shape index (κ1) is 11.4. The number of nitrogens with zero attached hydrogens (tertiary/aromatic N) is 2. The molecule has 4 nitrogen and oxygen atoms in total. The van der Waals surface area contributed by atoms with Crippen LogP contribution in [0.5, 0.6) is 0 Å². The minimum atomic E-state index is 0.175. The Bertz CT molecular complexity index is 306. The maximum absolute atomic E-state index is 8.85. The number of hydrogen-bond donors (Lipinski definition) is 2. The lowest BCUT2D eigenvalue weighted by Gasteiger charge is -2.11. The van der Waals surface area contributed by atoms with E-state index in [2.05, 4.69) is 31.2 Å². The fourth-order valence-corrected chi connectivity index (χ4v) is 1.25. The van der Waals surface area contributed by atoms with Crippen LogP contribution in [0.2, 0.25) is 0 Å². The number of nitrogens with one attached hydrogen (secondary N) is 1. The summed E-state index contributed by atoms with van der Waals surface area (Å²) in [5.74, 6) is 1.72. The normalized spacial score (nSPS) is 12.6. The van der Waals surface area contributed by atoms with E-state index in [0.29, 0.717) is 6.54 Å². The van der Waals surface area contributed by atoms with Crippen LogP contribution >= 0.6 is 15.9 Å². The van der Waals surface area contributed by atoms with E-state index >= 15 is 0 Å². The highest BCUT2D eigenvalue weighted by Gasteiger charge is 2.04. The summed E-state index contributed by atoms with van der Waals surface area (Å²) in [6.07, 6.45) is 1.72. The predicted octanol–water partition coefficient (Wildman–Crippen LogP) is 1.59. The van der Waals surface area contributed by atoms with Crippen molar-refractivity contribution < 1.29 is 5.11 Å². The van der Waals surface area contributed by atoms with Crippen LogP contribution in [0.3, 0.4) is 0 Å². The van der Waals surface area contributed by atoms with E-state index in [9.17, 15) is 0 Å². The number of hydrogen-bond acceptors (Lipinski definition) is 4. The number of anilines is 1. The smallest absolute Gasteiger partial charge is 0.144 e. The van der Waals surface area contributed by atoms with Crippen LogP contribution in [-0.2, 0) is 0 Å². The second kappa shape index (κ2) is 5.26. The van der Waals surface area contributed by atoms with Crippen molar-refractivity contribution in [2.24, 2.45) is 5.92 Å². The van der Waals surface area contributed by atoms with Crippen molar-refractivity contribution in [3.8, 4) is 0 Å². The molecule has 5 heteroatoms. The number of aliphatic hydroxyl groups is 1.